The summed E-state index contributed by atoms with van der Waals surface area (Å²) in [4.78, 5) is 26.4. The van der Waals surface area contributed by atoms with Crippen LogP contribution >= 0.6 is 0 Å². The molecular formula is C14H22N2O5. The molecule has 3 aliphatic heterocycles. The van der Waals surface area contributed by atoms with Crippen LogP contribution in [0.1, 0.15) is 33.1 Å². The van der Waals surface area contributed by atoms with Gasteiger partial charge in [0.05, 0.1) is 25.4 Å². The van der Waals surface area contributed by atoms with E-state index in [4.69, 9.17) is 14.2 Å². The molecule has 1 spiro atoms. The summed E-state index contributed by atoms with van der Waals surface area (Å²) in [5.74, 6) is -2.41. The summed E-state index contributed by atoms with van der Waals surface area (Å²) in [5.41, 5.74) is 0. The molecule has 3 rings (SSSR count). The van der Waals surface area contributed by atoms with Gasteiger partial charge < -0.3 is 19.1 Å². The van der Waals surface area contributed by atoms with Gasteiger partial charge in [-0.1, -0.05) is 0 Å². The number of carbonyl (C=O) groups excluding carboxylic acids is 2. The second kappa shape index (κ2) is 5.46. The summed E-state index contributed by atoms with van der Waals surface area (Å²) < 4.78 is 16.9. The molecule has 1 N–H and O–H groups in total. The van der Waals surface area contributed by atoms with Gasteiger partial charge in [-0.25, -0.2) is 4.79 Å². The number of nitrogens with one attached hydrogen (secondary N) is 1. The van der Waals surface area contributed by atoms with Crippen LogP contribution < -0.4 is 5.32 Å². The molecule has 2 amide bonds. The van der Waals surface area contributed by atoms with Crippen molar-refractivity contribution in [1.29, 1.82) is 0 Å². The van der Waals surface area contributed by atoms with Gasteiger partial charge >= 0.3 is 12.0 Å². The lowest BCUT2D eigenvalue weighted by Gasteiger charge is -2.50. The van der Waals surface area contributed by atoms with Gasteiger partial charge in [0.25, 0.3) is 5.91 Å². The monoisotopic (exact) mass is 298 g/mol. The Bertz CT molecular complexity index is 443. The summed E-state index contributed by atoms with van der Waals surface area (Å²) in [6.45, 7) is 5.08. The van der Waals surface area contributed by atoms with E-state index in [1.165, 1.54) is 0 Å². The molecule has 118 valence electrons. The van der Waals surface area contributed by atoms with E-state index in [-0.39, 0.29) is 24.1 Å². The number of fused-ring (bicyclic) bond motifs is 1. The summed E-state index contributed by atoms with van der Waals surface area (Å²) in [6.07, 6.45) is 2.30. The number of ether oxygens (including phenoxy) is 3. The average Bonchev–Trinajstić information content (AvgIpc) is 2.88. The van der Waals surface area contributed by atoms with Crippen LogP contribution in [0.5, 0.6) is 0 Å². The minimum Gasteiger partial charge on any atom is -0.466 e. The van der Waals surface area contributed by atoms with Crippen molar-refractivity contribution < 1.29 is 23.8 Å². The number of esters is 1. The Kier molecular flexibility index (Phi) is 3.79. The number of nitrogens with zero attached hydrogens (tertiary/aromatic N) is 1. The van der Waals surface area contributed by atoms with E-state index in [1.54, 1.807) is 11.8 Å². The molecule has 7 nitrogen and oxygen atoms in total. The molecule has 4 atom stereocenters. The Morgan fingerprint density at radius 2 is 2.33 bits per heavy atom. The molecule has 0 saturated carbocycles. The number of hydrogen-bond acceptors (Lipinski definition) is 5. The van der Waals surface area contributed by atoms with Crippen LogP contribution in [0.15, 0.2) is 0 Å². The van der Waals surface area contributed by atoms with Crippen molar-refractivity contribution in [3.63, 3.8) is 0 Å². The summed E-state index contributed by atoms with van der Waals surface area (Å²) in [7, 11) is 0. The van der Waals surface area contributed by atoms with Crippen molar-refractivity contribution in [1.82, 2.24) is 10.2 Å². The van der Waals surface area contributed by atoms with Gasteiger partial charge in [-0.2, -0.15) is 0 Å². The standard InChI is InChI=1S/C14H22N2O5/c1-3-19-12(17)11-10-5-4-7-16(10)13(18)15-14(11)20-8-6-9(2)21-14/h9-11H,3-8H2,1-2H3,(H,15,18). The van der Waals surface area contributed by atoms with E-state index in [0.717, 1.165) is 19.3 Å². The summed E-state index contributed by atoms with van der Waals surface area (Å²) >= 11 is 0. The first kappa shape index (κ1) is 14.6. The molecule has 7 heteroatoms. The van der Waals surface area contributed by atoms with Gasteiger partial charge in [0.1, 0.15) is 0 Å². The molecule has 3 saturated heterocycles. The first-order chi connectivity index (χ1) is 10.1. The lowest BCUT2D eigenvalue weighted by Crippen LogP contribution is -2.73. The molecule has 0 radical (unpaired) electrons. The maximum atomic E-state index is 12.5. The molecule has 3 fully saturated rings. The Hall–Kier alpha value is -1.34. The third-order valence-corrected chi connectivity index (χ3v) is 4.39. The van der Waals surface area contributed by atoms with Crippen LogP contribution in [0.2, 0.25) is 0 Å². The van der Waals surface area contributed by atoms with Gasteiger partial charge in [0.2, 0.25) is 0 Å². The molecule has 0 aromatic rings. The predicted octanol–water partition coefficient (Wildman–Crippen LogP) is 0.832. The van der Waals surface area contributed by atoms with Crippen LogP contribution in [0.25, 0.3) is 0 Å². The maximum absolute atomic E-state index is 12.5. The van der Waals surface area contributed by atoms with Crippen LogP contribution in [-0.2, 0) is 19.0 Å². The Morgan fingerprint density at radius 3 is 3.05 bits per heavy atom. The second-order valence-corrected chi connectivity index (χ2v) is 5.80. The van der Waals surface area contributed by atoms with Crippen LogP contribution in [0, 0.1) is 5.92 Å². The Morgan fingerprint density at radius 1 is 1.52 bits per heavy atom. The van der Waals surface area contributed by atoms with Crippen molar-refractivity contribution in [2.75, 3.05) is 19.8 Å². The van der Waals surface area contributed by atoms with E-state index in [0.29, 0.717) is 19.8 Å². The van der Waals surface area contributed by atoms with E-state index in [9.17, 15) is 9.59 Å². The van der Waals surface area contributed by atoms with Crippen molar-refractivity contribution in [2.45, 2.75) is 51.2 Å². The molecule has 4 unspecified atom stereocenters. The van der Waals surface area contributed by atoms with E-state index in [1.807, 2.05) is 6.92 Å². The van der Waals surface area contributed by atoms with E-state index < -0.39 is 11.8 Å². The van der Waals surface area contributed by atoms with Crippen LogP contribution in [0.3, 0.4) is 0 Å². The molecule has 3 aliphatic rings. The van der Waals surface area contributed by atoms with Gasteiger partial charge in [-0.15, -0.1) is 0 Å². The normalized spacial score (nSPS) is 39.0. The van der Waals surface area contributed by atoms with Crippen LogP contribution in [0.4, 0.5) is 4.79 Å². The molecule has 3 heterocycles. The molecule has 0 aliphatic carbocycles. The Balaban J connectivity index is 1.94. The number of hydrogen-bond donors (Lipinski definition) is 1. The maximum Gasteiger partial charge on any atom is 0.321 e. The lowest BCUT2D eigenvalue weighted by molar-refractivity contribution is -0.333. The minimum atomic E-state index is -1.38. The second-order valence-electron chi connectivity index (χ2n) is 5.80. The zero-order chi connectivity index (χ0) is 15.0. The topological polar surface area (TPSA) is 77.1 Å². The fourth-order valence-electron chi connectivity index (χ4n) is 3.48. The van der Waals surface area contributed by atoms with Crippen LogP contribution in [-0.4, -0.2) is 54.7 Å². The summed E-state index contributed by atoms with van der Waals surface area (Å²) in [5, 5.41) is 2.76. The van der Waals surface area contributed by atoms with Gasteiger partial charge in [-0.3, -0.25) is 10.1 Å². The quantitative estimate of drug-likeness (QED) is 0.764. The fraction of sp³-hybridized carbons (Fsp3) is 0.857. The van der Waals surface area contributed by atoms with Crippen molar-refractivity contribution >= 4 is 12.0 Å². The first-order valence-electron chi connectivity index (χ1n) is 7.64. The van der Waals surface area contributed by atoms with Gasteiger partial charge in [-0.05, 0) is 33.1 Å². The molecule has 0 aromatic carbocycles. The van der Waals surface area contributed by atoms with E-state index in [2.05, 4.69) is 5.32 Å². The third kappa shape index (κ3) is 2.38. The zero-order valence-electron chi connectivity index (χ0n) is 12.5. The van der Waals surface area contributed by atoms with Crippen molar-refractivity contribution in [3.05, 3.63) is 0 Å². The third-order valence-electron chi connectivity index (χ3n) is 4.39. The highest BCUT2D eigenvalue weighted by Crippen LogP contribution is 2.40. The van der Waals surface area contributed by atoms with Gasteiger partial charge in [0.15, 0.2) is 5.92 Å². The van der Waals surface area contributed by atoms with Crippen molar-refractivity contribution in [3.8, 4) is 0 Å². The fourth-order valence-corrected chi connectivity index (χ4v) is 3.48. The molecule has 0 bridgehead atoms. The molecule has 0 aromatic heterocycles. The number of rotatable bonds is 2. The highest BCUT2D eigenvalue weighted by atomic mass is 16.7. The zero-order valence-corrected chi connectivity index (χ0v) is 12.5. The molecular weight excluding hydrogens is 276 g/mol. The average molecular weight is 298 g/mol. The van der Waals surface area contributed by atoms with Gasteiger partial charge in [0, 0.05) is 6.54 Å². The number of urea groups is 1. The van der Waals surface area contributed by atoms with Crippen molar-refractivity contribution in [2.24, 2.45) is 5.92 Å². The highest BCUT2D eigenvalue weighted by Gasteiger charge is 2.60. The minimum absolute atomic E-state index is 0.0797. The SMILES string of the molecule is CCOC(=O)C1C2CCCN2C(=O)NC12OCCC(C)O2. The smallest absolute Gasteiger partial charge is 0.321 e. The highest BCUT2D eigenvalue weighted by molar-refractivity contribution is 5.82. The largest absolute Gasteiger partial charge is 0.466 e. The molecule has 21 heavy (non-hydrogen) atoms. The van der Waals surface area contributed by atoms with E-state index >= 15 is 0 Å². The summed E-state index contributed by atoms with van der Waals surface area (Å²) in [6, 6.07) is -0.449. The number of carbonyl (C=O) groups is 2. The lowest BCUT2D eigenvalue weighted by atomic mass is 9.90. The number of amides is 2. The predicted molar refractivity (Wildman–Crippen MR) is 72.2 cm³/mol. The first-order valence-corrected chi connectivity index (χ1v) is 7.64. The Labute approximate surface area is 123 Å².